The van der Waals surface area contributed by atoms with Crippen LogP contribution in [0.2, 0.25) is 0 Å². The van der Waals surface area contributed by atoms with Gasteiger partial charge in [0, 0.05) is 12.0 Å². The van der Waals surface area contributed by atoms with E-state index >= 15 is 0 Å². The molecule has 0 atom stereocenters. The Morgan fingerprint density at radius 1 is 1.46 bits per heavy atom. The first-order chi connectivity index (χ1) is 6.08. The number of nitrogens with one attached hydrogen (secondary N) is 1. The number of amides is 1. The van der Waals surface area contributed by atoms with Gasteiger partial charge in [-0.1, -0.05) is 6.92 Å². The number of aliphatic hydroxyl groups is 2. The number of ether oxygens (including phenoxy) is 1. The second-order valence-electron chi connectivity index (χ2n) is 3.23. The highest BCUT2D eigenvalue weighted by Crippen LogP contribution is 2.14. The fourth-order valence-corrected chi connectivity index (χ4v) is 0.576. The normalized spacial score (nSPS) is 11.1. The average molecular weight is 191 g/mol. The monoisotopic (exact) mass is 191 g/mol. The standard InChI is InChI=1S/C8H17NO4/c1-3-9-7(12)13-6-8(2,4-10)5-11/h10-11H,3-6H2,1-2H3,(H,9,12). The van der Waals surface area contributed by atoms with Crippen molar-refractivity contribution in [2.24, 2.45) is 5.41 Å². The molecule has 0 aliphatic carbocycles. The average Bonchev–Trinajstić information content (AvgIpc) is 2.15. The summed E-state index contributed by atoms with van der Waals surface area (Å²) >= 11 is 0. The van der Waals surface area contributed by atoms with Gasteiger partial charge in [0.15, 0.2) is 0 Å². The lowest BCUT2D eigenvalue weighted by atomic mass is 9.95. The van der Waals surface area contributed by atoms with E-state index in [0.29, 0.717) is 6.54 Å². The van der Waals surface area contributed by atoms with Gasteiger partial charge in [0.2, 0.25) is 0 Å². The van der Waals surface area contributed by atoms with Crippen LogP contribution in [-0.2, 0) is 4.74 Å². The highest BCUT2D eigenvalue weighted by molar-refractivity contribution is 5.66. The van der Waals surface area contributed by atoms with Crippen molar-refractivity contribution >= 4 is 6.09 Å². The molecule has 3 N–H and O–H groups in total. The summed E-state index contributed by atoms with van der Waals surface area (Å²) in [6.45, 7) is 3.47. The molecular formula is C8H17NO4. The molecule has 0 fully saturated rings. The van der Waals surface area contributed by atoms with Crippen LogP contribution < -0.4 is 5.32 Å². The van der Waals surface area contributed by atoms with Crippen molar-refractivity contribution in [2.45, 2.75) is 13.8 Å². The van der Waals surface area contributed by atoms with Gasteiger partial charge in [-0.05, 0) is 6.92 Å². The van der Waals surface area contributed by atoms with Crippen molar-refractivity contribution < 1.29 is 19.7 Å². The molecule has 0 bridgehead atoms. The third kappa shape index (κ3) is 4.69. The van der Waals surface area contributed by atoms with Gasteiger partial charge in [-0.2, -0.15) is 0 Å². The van der Waals surface area contributed by atoms with Crippen molar-refractivity contribution in [1.82, 2.24) is 5.32 Å². The molecule has 78 valence electrons. The fourth-order valence-electron chi connectivity index (χ4n) is 0.576. The van der Waals surface area contributed by atoms with E-state index in [0.717, 1.165) is 0 Å². The zero-order valence-corrected chi connectivity index (χ0v) is 8.04. The van der Waals surface area contributed by atoms with Crippen molar-refractivity contribution in [1.29, 1.82) is 0 Å². The lowest BCUT2D eigenvalue weighted by Gasteiger charge is -2.23. The first-order valence-corrected chi connectivity index (χ1v) is 4.20. The largest absolute Gasteiger partial charge is 0.449 e. The van der Waals surface area contributed by atoms with E-state index < -0.39 is 11.5 Å². The van der Waals surface area contributed by atoms with E-state index in [4.69, 9.17) is 14.9 Å². The number of alkyl carbamates (subject to hydrolysis) is 1. The van der Waals surface area contributed by atoms with E-state index in [9.17, 15) is 4.79 Å². The maximum Gasteiger partial charge on any atom is 0.407 e. The topological polar surface area (TPSA) is 78.8 Å². The molecule has 0 spiro atoms. The third-order valence-corrected chi connectivity index (χ3v) is 1.64. The second kappa shape index (κ2) is 5.77. The highest BCUT2D eigenvalue weighted by atomic mass is 16.5. The molecule has 0 aromatic carbocycles. The summed E-state index contributed by atoms with van der Waals surface area (Å²) in [5, 5.41) is 20.2. The summed E-state index contributed by atoms with van der Waals surface area (Å²) in [6, 6.07) is 0. The van der Waals surface area contributed by atoms with Crippen LogP contribution in [0.3, 0.4) is 0 Å². The molecule has 0 saturated heterocycles. The first-order valence-electron chi connectivity index (χ1n) is 4.20. The zero-order valence-electron chi connectivity index (χ0n) is 8.04. The molecule has 0 aliphatic heterocycles. The predicted octanol–water partition coefficient (Wildman–Crippen LogP) is -0.277. The Hall–Kier alpha value is -0.810. The quantitative estimate of drug-likeness (QED) is 0.558. The van der Waals surface area contributed by atoms with Crippen molar-refractivity contribution in [3.63, 3.8) is 0 Å². The summed E-state index contributed by atoms with van der Waals surface area (Å²) in [5.74, 6) is 0. The molecule has 13 heavy (non-hydrogen) atoms. The van der Waals surface area contributed by atoms with Gasteiger partial charge in [-0.25, -0.2) is 4.79 Å². The predicted molar refractivity (Wildman–Crippen MR) is 47.3 cm³/mol. The Kier molecular flexibility index (Phi) is 5.41. The Morgan fingerprint density at radius 3 is 2.38 bits per heavy atom. The zero-order chi connectivity index (χ0) is 10.3. The number of hydrogen-bond acceptors (Lipinski definition) is 4. The van der Waals surface area contributed by atoms with E-state index in [1.165, 1.54) is 0 Å². The summed E-state index contributed by atoms with van der Waals surface area (Å²) in [4.78, 5) is 10.8. The number of carbonyl (C=O) groups excluding carboxylic acids is 1. The third-order valence-electron chi connectivity index (χ3n) is 1.64. The van der Waals surface area contributed by atoms with Crippen LogP contribution >= 0.6 is 0 Å². The molecule has 5 nitrogen and oxygen atoms in total. The molecule has 0 unspecified atom stereocenters. The molecule has 0 rings (SSSR count). The van der Waals surface area contributed by atoms with Crippen LogP contribution in [0.15, 0.2) is 0 Å². The first kappa shape index (κ1) is 12.2. The number of aliphatic hydroxyl groups excluding tert-OH is 2. The lowest BCUT2D eigenvalue weighted by Crippen LogP contribution is -2.35. The Bertz CT molecular complexity index is 156. The van der Waals surface area contributed by atoms with Crippen LogP contribution in [0.25, 0.3) is 0 Å². The highest BCUT2D eigenvalue weighted by Gasteiger charge is 2.24. The molecule has 0 aromatic heterocycles. The molecular weight excluding hydrogens is 174 g/mol. The molecule has 0 aromatic rings. The lowest BCUT2D eigenvalue weighted by molar-refractivity contribution is 0.0101. The summed E-state index contributed by atoms with van der Waals surface area (Å²) in [6.07, 6.45) is -0.532. The van der Waals surface area contributed by atoms with Crippen LogP contribution in [-0.4, -0.2) is 42.7 Å². The van der Waals surface area contributed by atoms with Gasteiger partial charge < -0.3 is 20.3 Å². The Balaban J connectivity index is 3.78. The SMILES string of the molecule is CCNC(=O)OCC(C)(CO)CO. The van der Waals surface area contributed by atoms with Crippen molar-refractivity contribution in [3.8, 4) is 0 Å². The molecule has 0 heterocycles. The minimum absolute atomic E-state index is 0.00579. The van der Waals surface area contributed by atoms with Crippen LogP contribution in [0.5, 0.6) is 0 Å². The van der Waals surface area contributed by atoms with E-state index in [2.05, 4.69) is 5.32 Å². The van der Waals surface area contributed by atoms with Crippen LogP contribution in [0.4, 0.5) is 4.79 Å². The molecule has 0 saturated carbocycles. The second-order valence-corrected chi connectivity index (χ2v) is 3.23. The van der Waals surface area contributed by atoms with Crippen molar-refractivity contribution in [2.75, 3.05) is 26.4 Å². The van der Waals surface area contributed by atoms with Crippen LogP contribution in [0.1, 0.15) is 13.8 Å². The molecule has 0 aliphatic rings. The van der Waals surface area contributed by atoms with Gasteiger partial charge in [0.1, 0.15) is 6.61 Å². The molecule has 0 radical (unpaired) electrons. The van der Waals surface area contributed by atoms with Gasteiger partial charge >= 0.3 is 6.09 Å². The Labute approximate surface area is 77.7 Å². The minimum Gasteiger partial charge on any atom is -0.449 e. The van der Waals surface area contributed by atoms with E-state index in [1.807, 2.05) is 0 Å². The number of rotatable bonds is 5. The van der Waals surface area contributed by atoms with E-state index in [1.54, 1.807) is 13.8 Å². The van der Waals surface area contributed by atoms with Crippen LogP contribution in [0, 0.1) is 5.41 Å². The number of carbonyl (C=O) groups is 1. The summed E-state index contributed by atoms with van der Waals surface area (Å²) in [5.41, 5.74) is -0.759. The maximum atomic E-state index is 10.8. The van der Waals surface area contributed by atoms with Gasteiger partial charge in [0.25, 0.3) is 0 Å². The minimum atomic E-state index is -0.759. The van der Waals surface area contributed by atoms with Gasteiger partial charge in [-0.3, -0.25) is 0 Å². The van der Waals surface area contributed by atoms with Gasteiger partial charge in [-0.15, -0.1) is 0 Å². The van der Waals surface area contributed by atoms with Crippen molar-refractivity contribution in [3.05, 3.63) is 0 Å². The summed E-state index contributed by atoms with van der Waals surface area (Å²) < 4.78 is 4.76. The maximum absolute atomic E-state index is 10.8. The Morgan fingerprint density at radius 2 is 2.00 bits per heavy atom. The fraction of sp³-hybridized carbons (Fsp3) is 0.875. The van der Waals surface area contributed by atoms with Gasteiger partial charge in [0.05, 0.1) is 13.2 Å². The van der Waals surface area contributed by atoms with E-state index in [-0.39, 0.29) is 19.8 Å². The number of hydrogen-bond donors (Lipinski definition) is 3. The molecule has 1 amide bonds. The smallest absolute Gasteiger partial charge is 0.407 e. The molecule has 5 heteroatoms. The summed E-state index contributed by atoms with van der Waals surface area (Å²) in [7, 11) is 0.